The molecule has 2 aromatic heterocycles. The molecule has 3 aromatic carbocycles. The average Bonchev–Trinajstić information content (AvgIpc) is 3.26. The van der Waals surface area contributed by atoms with E-state index in [2.05, 4.69) is 38.2 Å². The summed E-state index contributed by atoms with van der Waals surface area (Å²) in [6, 6.07) is 22.2. The molecule has 2 heterocycles. The lowest BCUT2D eigenvalue weighted by Crippen LogP contribution is -2.24. The minimum atomic E-state index is -0.455. The van der Waals surface area contributed by atoms with Crippen molar-refractivity contribution in [3.63, 3.8) is 0 Å². The van der Waals surface area contributed by atoms with Gasteiger partial charge >= 0.3 is 0 Å². The number of hydrogen-bond donors (Lipinski definition) is 1. The molecule has 5 aromatic rings. The quantitative estimate of drug-likeness (QED) is 0.373. The summed E-state index contributed by atoms with van der Waals surface area (Å²) >= 11 is 0. The molecule has 0 aliphatic carbocycles. The van der Waals surface area contributed by atoms with Gasteiger partial charge in [0.25, 0.3) is 5.91 Å². The zero-order chi connectivity index (χ0) is 24.5. The first kappa shape index (κ1) is 22.3. The highest BCUT2D eigenvalue weighted by Crippen LogP contribution is 2.31. The van der Waals surface area contributed by atoms with Gasteiger partial charge < -0.3 is 9.73 Å². The molecule has 0 bridgehead atoms. The van der Waals surface area contributed by atoms with Crippen LogP contribution in [0.1, 0.15) is 32.8 Å². The van der Waals surface area contributed by atoms with Crippen LogP contribution in [0.15, 0.2) is 88.2 Å². The molecule has 0 fully saturated rings. The molecule has 0 radical (unpaired) electrons. The summed E-state index contributed by atoms with van der Waals surface area (Å²) < 4.78 is 7.53. The second-order valence-corrected chi connectivity index (χ2v) is 8.71. The third kappa shape index (κ3) is 4.38. The number of benzene rings is 3. The molecule has 0 atom stereocenters. The maximum atomic E-state index is 12.9. The number of nitrogens with zero attached hydrogens (tertiary/aromatic N) is 2. The zero-order valence-corrected chi connectivity index (χ0v) is 19.8. The molecule has 35 heavy (non-hydrogen) atoms. The lowest BCUT2D eigenvalue weighted by Gasteiger charge is -2.11. The summed E-state index contributed by atoms with van der Waals surface area (Å²) in [6.07, 6.45) is 1.93. The van der Waals surface area contributed by atoms with Crippen molar-refractivity contribution in [1.82, 2.24) is 15.1 Å². The number of carbonyl (C=O) groups is 1. The predicted octanol–water partition coefficient (Wildman–Crippen LogP) is 5.50. The van der Waals surface area contributed by atoms with Crippen molar-refractivity contribution < 1.29 is 9.21 Å². The van der Waals surface area contributed by atoms with Crippen LogP contribution in [0.5, 0.6) is 0 Å². The Hall–Kier alpha value is -4.45. The van der Waals surface area contributed by atoms with Gasteiger partial charge in [0.15, 0.2) is 11.2 Å². The fourth-order valence-corrected chi connectivity index (χ4v) is 4.49. The van der Waals surface area contributed by atoms with Gasteiger partial charge in [0, 0.05) is 29.9 Å². The van der Waals surface area contributed by atoms with Crippen LogP contribution in [0.3, 0.4) is 0 Å². The monoisotopic (exact) mass is 463 g/mol. The van der Waals surface area contributed by atoms with Crippen molar-refractivity contribution in [2.24, 2.45) is 0 Å². The lowest BCUT2D eigenvalue weighted by atomic mass is 9.95. The molecule has 0 aliphatic heterocycles. The Labute approximate surface area is 202 Å². The normalized spacial score (nSPS) is 11.1. The Bertz CT molecular complexity index is 1590. The van der Waals surface area contributed by atoms with Crippen LogP contribution in [-0.4, -0.2) is 15.7 Å². The van der Waals surface area contributed by atoms with E-state index in [1.807, 2.05) is 41.2 Å². The van der Waals surface area contributed by atoms with E-state index in [1.165, 1.54) is 11.6 Å². The summed E-state index contributed by atoms with van der Waals surface area (Å²) in [7, 11) is 0. The molecule has 0 spiro atoms. The van der Waals surface area contributed by atoms with E-state index in [0.29, 0.717) is 11.0 Å². The Morgan fingerprint density at radius 3 is 2.37 bits per heavy atom. The van der Waals surface area contributed by atoms with Crippen molar-refractivity contribution in [3.8, 4) is 16.9 Å². The molecule has 6 nitrogen and oxygen atoms in total. The van der Waals surface area contributed by atoms with Gasteiger partial charge in [0.2, 0.25) is 0 Å². The minimum absolute atomic E-state index is 0.0200. The van der Waals surface area contributed by atoms with Crippen LogP contribution in [0.25, 0.3) is 27.9 Å². The summed E-state index contributed by atoms with van der Waals surface area (Å²) in [4.78, 5) is 25.4. The molecule has 5 rings (SSSR count). The number of nitrogens with one attached hydrogen (secondary N) is 1. The second-order valence-electron chi connectivity index (χ2n) is 8.71. The highest BCUT2D eigenvalue weighted by atomic mass is 16.3. The van der Waals surface area contributed by atoms with E-state index in [9.17, 15) is 9.59 Å². The van der Waals surface area contributed by atoms with Crippen molar-refractivity contribution in [2.45, 2.75) is 27.3 Å². The first-order chi connectivity index (χ1) is 16.9. The number of fused-ring (bicyclic) bond motifs is 1. The number of carbonyl (C=O) groups excluding carboxylic acids is 1. The van der Waals surface area contributed by atoms with E-state index < -0.39 is 5.91 Å². The Morgan fingerprint density at radius 1 is 0.943 bits per heavy atom. The van der Waals surface area contributed by atoms with E-state index in [1.54, 1.807) is 24.3 Å². The number of amides is 1. The summed E-state index contributed by atoms with van der Waals surface area (Å²) in [5.74, 6) is -0.475. The molecular formula is C29H25N3O3. The first-order valence-corrected chi connectivity index (χ1v) is 11.4. The van der Waals surface area contributed by atoms with Crippen LogP contribution in [0, 0.1) is 20.8 Å². The van der Waals surface area contributed by atoms with Crippen molar-refractivity contribution in [2.75, 3.05) is 0 Å². The van der Waals surface area contributed by atoms with Crippen molar-refractivity contribution in [1.29, 1.82) is 0 Å². The van der Waals surface area contributed by atoms with Crippen LogP contribution in [-0.2, 0) is 6.54 Å². The van der Waals surface area contributed by atoms with Crippen LogP contribution in [0.4, 0.5) is 0 Å². The van der Waals surface area contributed by atoms with E-state index in [-0.39, 0.29) is 17.7 Å². The molecule has 174 valence electrons. The van der Waals surface area contributed by atoms with Gasteiger partial charge in [-0.05, 0) is 56.2 Å². The van der Waals surface area contributed by atoms with Gasteiger partial charge in [-0.15, -0.1) is 0 Å². The van der Waals surface area contributed by atoms with Crippen molar-refractivity contribution in [3.05, 3.63) is 117 Å². The number of aryl methyl sites for hydroxylation is 3. The fraction of sp³-hybridized carbons (Fsp3) is 0.138. The Kier molecular flexibility index (Phi) is 5.79. The van der Waals surface area contributed by atoms with Crippen LogP contribution < -0.4 is 10.7 Å². The molecule has 0 saturated heterocycles. The summed E-state index contributed by atoms with van der Waals surface area (Å²) in [5.41, 5.74) is 7.20. The second kappa shape index (κ2) is 9.06. The number of aromatic nitrogens is 2. The molecule has 6 heteroatoms. The third-order valence-electron chi connectivity index (χ3n) is 6.02. The SMILES string of the molecule is Cc1cc(C)c(-c2nn(-c3ccccc3)cc2CNC(=O)c2cc(=O)c3ccccc3o2)c(C)c1. The molecule has 1 amide bonds. The number of rotatable bonds is 5. The maximum Gasteiger partial charge on any atom is 0.287 e. The lowest BCUT2D eigenvalue weighted by molar-refractivity contribution is 0.0924. The van der Waals surface area contributed by atoms with Crippen LogP contribution in [0.2, 0.25) is 0 Å². The van der Waals surface area contributed by atoms with E-state index in [4.69, 9.17) is 9.52 Å². The standard InChI is InChI=1S/C29H25N3O3/c1-18-13-19(2)27(20(3)14-18)28-21(17-32(31-28)22-9-5-4-6-10-22)16-30-29(34)26-15-24(33)23-11-7-8-12-25(23)35-26/h4-15,17H,16H2,1-3H3,(H,30,34). The van der Waals surface area contributed by atoms with Gasteiger partial charge in [-0.2, -0.15) is 5.10 Å². The van der Waals surface area contributed by atoms with Gasteiger partial charge in [0.1, 0.15) is 5.58 Å². The van der Waals surface area contributed by atoms with Gasteiger partial charge in [-0.3, -0.25) is 9.59 Å². The number of hydrogen-bond acceptors (Lipinski definition) is 4. The zero-order valence-electron chi connectivity index (χ0n) is 19.8. The molecule has 0 aliphatic rings. The van der Waals surface area contributed by atoms with E-state index >= 15 is 0 Å². The van der Waals surface area contributed by atoms with Crippen LogP contribution >= 0.6 is 0 Å². The molecule has 0 unspecified atom stereocenters. The smallest absolute Gasteiger partial charge is 0.287 e. The fourth-order valence-electron chi connectivity index (χ4n) is 4.49. The van der Waals surface area contributed by atoms with Crippen molar-refractivity contribution >= 4 is 16.9 Å². The van der Waals surface area contributed by atoms with E-state index in [0.717, 1.165) is 33.6 Å². The predicted molar refractivity (Wildman–Crippen MR) is 137 cm³/mol. The molecule has 1 N–H and O–H groups in total. The largest absolute Gasteiger partial charge is 0.451 e. The van der Waals surface area contributed by atoms with Gasteiger partial charge in [0.05, 0.1) is 16.8 Å². The Morgan fingerprint density at radius 2 is 1.63 bits per heavy atom. The summed E-state index contributed by atoms with van der Waals surface area (Å²) in [5, 5.41) is 8.25. The highest BCUT2D eigenvalue weighted by Gasteiger charge is 2.19. The third-order valence-corrected chi connectivity index (χ3v) is 6.02. The molecular weight excluding hydrogens is 438 g/mol. The minimum Gasteiger partial charge on any atom is -0.451 e. The van der Waals surface area contributed by atoms with Gasteiger partial charge in [-0.25, -0.2) is 4.68 Å². The topological polar surface area (TPSA) is 77.1 Å². The highest BCUT2D eigenvalue weighted by molar-refractivity contribution is 5.93. The number of para-hydroxylation sites is 2. The molecule has 0 saturated carbocycles. The maximum absolute atomic E-state index is 12.9. The first-order valence-electron chi connectivity index (χ1n) is 11.4. The average molecular weight is 464 g/mol. The summed E-state index contributed by atoms with van der Waals surface area (Å²) in [6.45, 7) is 6.45. The Balaban J connectivity index is 1.51. The van der Waals surface area contributed by atoms with Gasteiger partial charge in [-0.1, -0.05) is 48.0 Å².